The van der Waals surface area contributed by atoms with Gasteiger partial charge in [0.05, 0.1) is 5.56 Å². The summed E-state index contributed by atoms with van der Waals surface area (Å²) in [5.41, 5.74) is 0.934. The molecule has 0 bridgehead atoms. The second-order valence-electron chi connectivity index (χ2n) is 5.99. The molecule has 1 aromatic heterocycles. The molecule has 1 saturated heterocycles. The Hall–Kier alpha value is -0.900. The van der Waals surface area contributed by atoms with Crippen LogP contribution in [0.3, 0.4) is 0 Å². The molecular formula is C14H19BrN2O. The highest BCUT2D eigenvalue weighted by Gasteiger charge is 2.34. The first kappa shape index (κ1) is 13.5. The standard InChI is InChI=1S/C14H19BrN2O/c1-14(2,3)11-4-5-17(9-11)13(18)10-6-12(15)8-16-7-10/h6-8,11H,4-5,9H2,1-3H3. The zero-order valence-corrected chi connectivity index (χ0v) is 12.7. The quantitative estimate of drug-likeness (QED) is 0.797. The van der Waals surface area contributed by atoms with Crippen LogP contribution in [-0.2, 0) is 0 Å². The number of hydrogen-bond donors (Lipinski definition) is 0. The van der Waals surface area contributed by atoms with E-state index in [2.05, 4.69) is 41.7 Å². The number of carbonyl (C=O) groups is 1. The lowest BCUT2D eigenvalue weighted by Crippen LogP contribution is -2.31. The fourth-order valence-corrected chi connectivity index (χ4v) is 2.73. The Labute approximate surface area is 117 Å². The van der Waals surface area contributed by atoms with E-state index in [9.17, 15) is 4.79 Å². The summed E-state index contributed by atoms with van der Waals surface area (Å²) in [5.74, 6) is 0.678. The second-order valence-corrected chi connectivity index (χ2v) is 6.91. The predicted molar refractivity (Wildman–Crippen MR) is 75.4 cm³/mol. The minimum Gasteiger partial charge on any atom is -0.338 e. The lowest BCUT2D eigenvalue weighted by molar-refractivity contribution is 0.0776. The maximum atomic E-state index is 12.3. The van der Waals surface area contributed by atoms with Crippen molar-refractivity contribution in [1.82, 2.24) is 9.88 Å². The number of carbonyl (C=O) groups excluding carboxylic acids is 1. The SMILES string of the molecule is CC(C)(C)C1CCN(C(=O)c2cncc(Br)c2)C1. The molecule has 0 saturated carbocycles. The molecule has 3 nitrogen and oxygen atoms in total. The van der Waals surface area contributed by atoms with Crippen molar-refractivity contribution in [3.05, 3.63) is 28.5 Å². The number of aromatic nitrogens is 1. The Balaban J connectivity index is 2.08. The molecule has 1 fully saturated rings. The minimum atomic E-state index is 0.0931. The first-order valence-electron chi connectivity index (χ1n) is 6.28. The summed E-state index contributed by atoms with van der Waals surface area (Å²) in [6.07, 6.45) is 4.42. The molecule has 1 aliphatic heterocycles. The third kappa shape index (κ3) is 2.91. The van der Waals surface area contributed by atoms with Crippen LogP contribution in [0.15, 0.2) is 22.9 Å². The van der Waals surface area contributed by atoms with Crippen molar-refractivity contribution in [3.63, 3.8) is 0 Å². The third-order valence-electron chi connectivity index (χ3n) is 3.65. The van der Waals surface area contributed by atoms with Gasteiger partial charge >= 0.3 is 0 Å². The van der Waals surface area contributed by atoms with Crippen LogP contribution in [0, 0.1) is 11.3 Å². The molecule has 1 unspecified atom stereocenters. The van der Waals surface area contributed by atoms with Crippen LogP contribution >= 0.6 is 15.9 Å². The van der Waals surface area contributed by atoms with E-state index in [0.29, 0.717) is 11.5 Å². The number of pyridine rings is 1. The van der Waals surface area contributed by atoms with E-state index < -0.39 is 0 Å². The van der Waals surface area contributed by atoms with Crippen LogP contribution in [0.25, 0.3) is 0 Å². The van der Waals surface area contributed by atoms with E-state index in [0.717, 1.165) is 24.0 Å². The molecule has 0 aliphatic carbocycles. The summed E-state index contributed by atoms with van der Waals surface area (Å²) >= 11 is 3.35. The van der Waals surface area contributed by atoms with E-state index in [-0.39, 0.29) is 11.3 Å². The second kappa shape index (κ2) is 5.00. The number of rotatable bonds is 1. The third-order valence-corrected chi connectivity index (χ3v) is 4.09. The Bertz CT molecular complexity index is 453. The van der Waals surface area contributed by atoms with Crippen molar-refractivity contribution in [2.75, 3.05) is 13.1 Å². The number of amides is 1. The molecule has 1 aliphatic rings. The highest BCUT2D eigenvalue weighted by atomic mass is 79.9. The molecule has 2 heterocycles. The lowest BCUT2D eigenvalue weighted by atomic mass is 9.80. The Morgan fingerprint density at radius 1 is 1.44 bits per heavy atom. The molecular weight excluding hydrogens is 292 g/mol. The van der Waals surface area contributed by atoms with Crippen LogP contribution in [-0.4, -0.2) is 28.9 Å². The van der Waals surface area contributed by atoms with Gasteiger partial charge in [0.15, 0.2) is 0 Å². The van der Waals surface area contributed by atoms with Crippen molar-refractivity contribution < 1.29 is 4.79 Å². The molecule has 0 radical (unpaired) electrons. The van der Waals surface area contributed by atoms with Gasteiger partial charge in [-0.25, -0.2) is 0 Å². The summed E-state index contributed by atoms with van der Waals surface area (Å²) in [5, 5.41) is 0. The minimum absolute atomic E-state index is 0.0931. The van der Waals surface area contributed by atoms with Gasteiger partial charge < -0.3 is 4.90 Å². The maximum absolute atomic E-state index is 12.3. The van der Waals surface area contributed by atoms with Gasteiger partial charge in [0.2, 0.25) is 0 Å². The van der Waals surface area contributed by atoms with Gasteiger partial charge in [0.1, 0.15) is 0 Å². The molecule has 98 valence electrons. The molecule has 18 heavy (non-hydrogen) atoms. The lowest BCUT2D eigenvalue weighted by Gasteiger charge is -2.26. The van der Waals surface area contributed by atoms with Gasteiger partial charge in [0.25, 0.3) is 5.91 Å². The largest absolute Gasteiger partial charge is 0.338 e. The van der Waals surface area contributed by atoms with Crippen molar-refractivity contribution in [3.8, 4) is 0 Å². The van der Waals surface area contributed by atoms with Crippen LogP contribution in [0.5, 0.6) is 0 Å². The van der Waals surface area contributed by atoms with Crippen molar-refractivity contribution in [1.29, 1.82) is 0 Å². The van der Waals surface area contributed by atoms with Gasteiger partial charge in [-0.05, 0) is 39.8 Å². The summed E-state index contributed by atoms with van der Waals surface area (Å²) in [6.45, 7) is 8.44. The number of halogens is 1. The smallest absolute Gasteiger partial charge is 0.255 e. The maximum Gasteiger partial charge on any atom is 0.255 e. The van der Waals surface area contributed by atoms with Gasteiger partial charge in [-0.2, -0.15) is 0 Å². The fraction of sp³-hybridized carbons (Fsp3) is 0.571. The highest BCUT2D eigenvalue weighted by Crippen LogP contribution is 2.34. The average Bonchev–Trinajstić information content (AvgIpc) is 2.77. The summed E-state index contributed by atoms with van der Waals surface area (Å²) in [4.78, 5) is 18.3. The fourth-order valence-electron chi connectivity index (χ4n) is 2.36. The average molecular weight is 311 g/mol. The number of nitrogens with zero attached hydrogens (tertiary/aromatic N) is 2. The monoisotopic (exact) mass is 310 g/mol. The Morgan fingerprint density at radius 3 is 2.72 bits per heavy atom. The van der Waals surface area contributed by atoms with Gasteiger partial charge in [-0.15, -0.1) is 0 Å². The van der Waals surface area contributed by atoms with Crippen molar-refractivity contribution >= 4 is 21.8 Å². The van der Waals surface area contributed by atoms with Gasteiger partial charge in [-0.3, -0.25) is 9.78 Å². The first-order valence-corrected chi connectivity index (χ1v) is 7.07. The Kier molecular flexibility index (Phi) is 3.76. The molecule has 0 spiro atoms. The first-order chi connectivity index (χ1) is 8.38. The topological polar surface area (TPSA) is 33.2 Å². The summed E-state index contributed by atoms with van der Waals surface area (Å²) in [6, 6.07) is 1.83. The Morgan fingerprint density at radius 2 is 2.17 bits per heavy atom. The predicted octanol–water partition coefficient (Wildman–Crippen LogP) is 3.35. The van der Waals surface area contributed by atoms with Crippen LogP contribution in [0.4, 0.5) is 0 Å². The zero-order chi connectivity index (χ0) is 13.3. The number of hydrogen-bond acceptors (Lipinski definition) is 2. The van der Waals surface area contributed by atoms with Gasteiger partial charge in [0, 0.05) is 30.0 Å². The zero-order valence-electron chi connectivity index (χ0n) is 11.1. The van der Waals surface area contributed by atoms with Crippen molar-refractivity contribution in [2.24, 2.45) is 11.3 Å². The number of likely N-dealkylation sites (tertiary alicyclic amines) is 1. The molecule has 1 atom stereocenters. The molecule has 1 aromatic rings. The van der Waals surface area contributed by atoms with Crippen molar-refractivity contribution in [2.45, 2.75) is 27.2 Å². The van der Waals surface area contributed by atoms with Crippen LogP contribution in [0.2, 0.25) is 0 Å². The van der Waals surface area contributed by atoms with Gasteiger partial charge in [-0.1, -0.05) is 20.8 Å². The van der Waals surface area contributed by atoms with Crippen LogP contribution in [0.1, 0.15) is 37.6 Å². The molecule has 0 N–H and O–H groups in total. The molecule has 0 aromatic carbocycles. The van der Waals surface area contributed by atoms with E-state index >= 15 is 0 Å². The van der Waals surface area contributed by atoms with E-state index in [4.69, 9.17) is 0 Å². The van der Waals surface area contributed by atoms with E-state index in [1.807, 2.05) is 11.0 Å². The summed E-state index contributed by atoms with van der Waals surface area (Å²) in [7, 11) is 0. The van der Waals surface area contributed by atoms with E-state index in [1.54, 1.807) is 12.4 Å². The molecule has 4 heteroatoms. The highest BCUT2D eigenvalue weighted by molar-refractivity contribution is 9.10. The van der Waals surface area contributed by atoms with E-state index in [1.165, 1.54) is 0 Å². The molecule has 1 amide bonds. The molecule has 2 rings (SSSR count). The normalized spacial score (nSPS) is 20.2. The summed E-state index contributed by atoms with van der Waals surface area (Å²) < 4.78 is 0.847. The van der Waals surface area contributed by atoms with Crippen LogP contribution < -0.4 is 0 Å².